The van der Waals surface area contributed by atoms with E-state index in [0.717, 1.165) is 12.8 Å². The van der Waals surface area contributed by atoms with E-state index in [9.17, 15) is 10.1 Å². The van der Waals surface area contributed by atoms with Gasteiger partial charge >= 0.3 is 5.95 Å². The molecule has 0 aliphatic heterocycles. The zero-order valence-corrected chi connectivity index (χ0v) is 9.67. The molecule has 0 saturated heterocycles. The molecular weight excluding hydrogens is 222 g/mol. The molecule has 1 fully saturated rings. The van der Waals surface area contributed by atoms with Gasteiger partial charge in [0.2, 0.25) is 0 Å². The maximum Gasteiger partial charge on any atom is 0.434 e. The molecule has 0 unspecified atom stereocenters. The Kier molecular flexibility index (Phi) is 3.36. The summed E-state index contributed by atoms with van der Waals surface area (Å²) in [7, 11) is 1.60. The van der Waals surface area contributed by atoms with Crippen molar-refractivity contribution in [3.63, 3.8) is 0 Å². The van der Waals surface area contributed by atoms with E-state index in [1.54, 1.807) is 13.3 Å². The van der Waals surface area contributed by atoms with Crippen LogP contribution in [0.1, 0.15) is 31.4 Å². The van der Waals surface area contributed by atoms with Gasteiger partial charge in [-0.3, -0.25) is 0 Å². The van der Waals surface area contributed by atoms with Gasteiger partial charge in [0.15, 0.2) is 5.69 Å². The molecule has 1 heterocycles. The lowest BCUT2D eigenvalue weighted by molar-refractivity contribution is -0.396. The fraction of sp³-hybridized carbons (Fsp3) is 0.600. The Morgan fingerprint density at radius 2 is 2.35 bits per heavy atom. The van der Waals surface area contributed by atoms with Gasteiger partial charge in [0.25, 0.3) is 0 Å². The van der Waals surface area contributed by atoms with E-state index in [1.807, 2.05) is 0 Å². The van der Waals surface area contributed by atoms with E-state index >= 15 is 0 Å². The van der Waals surface area contributed by atoms with Crippen molar-refractivity contribution >= 4 is 12.2 Å². The van der Waals surface area contributed by atoms with Crippen molar-refractivity contribution in [1.82, 2.24) is 15.0 Å². The van der Waals surface area contributed by atoms with Crippen molar-refractivity contribution in [2.45, 2.75) is 31.7 Å². The molecule has 0 aromatic carbocycles. The first kappa shape index (κ1) is 11.6. The average Bonchev–Trinajstić information content (AvgIpc) is 2.89. The summed E-state index contributed by atoms with van der Waals surface area (Å²) in [6, 6.07) is 0.439. The molecule has 1 aromatic rings. The average molecular weight is 237 g/mol. The summed E-state index contributed by atoms with van der Waals surface area (Å²) in [5, 5.41) is 14.7. The maximum absolute atomic E-state index is 10.6. The molecule has 2 rings (SSSR count). The van der Waals surface area contributed by atoms with Crippen molar-refractivity contribution in [3.8, 4) is 0 Å². The second-order valence-electron chi connectivity index (χ2n) is 4.17. The van der Waals surface area contributed by atoms with E-state index in [2.05, 4.69) is 15.5 Å². The quantitative estimate of drug-likeness (QED) is 0.484. The molecule has 92 valence electrons. The molecule has 0 bridgehead atoms. The second-order valence-corrected chi connectivity index (χ2v) is 4.17. The number of rotatable bonds is 4. The maximum atomic E-state index is 10.6. The molecule has 0 amide bonds. The normalized spacial score (nSPS) is 16.8. The number of hydrogen-bond donors (Lipinski definition) is 1. The van der Waals surface area contributed by atoms with Crippen LogP contribution in [0.2, 0.25) is 0 Å². The third-order valence-electron chi connectivity index (χ3n) is 2.97. The van der Waals surface area contributed by atoms with E-state index < -0.39 is 4.92 Å². The van der Waals surface area contributed by atoms with Crippen LogP contribution in [0.4, 0.5) is 5.95 Å². The van der Waals surface area contributed by atoms with E-state index in [4.69, 9.17) is 0 Å². The van der Waals surface area contributed by atoms with Crippen LogP contribution in [0.3, 0.4) is 0 Å². The predicted molar refractivity (Wildman–Crippen MR) is 62.8 cm³/mol. The van der Waals surface area contributed by atoms with Crippen molar-refractivity contribution in [2.24, 2.45) is 12.1 Å². The van der Waals surface area contributed by atoms with Gasteiger partial charge in [-0.25, -0.2) is 4.57 Å². The topological polar surface area (TPSA) is 85.3 Å². The van der Waals surface area contributed by atoms with Crippen LogP contribution < -0.4 is 5.43 Å². The van der Waals surface area contributed by atoms with E-state index in [1.165, 1.54) is 23.6 Å². The number of aromatic nitrogens is 2. The van der Waals surface area contributed by atoms with Gasteiger partial charge in [-0.2, -0.15) is 5.10 Å². The van der Waals surface area contributed by atoms with Crippen LogP contribution in [-0.2, 0) is 7.05 Å². The first-order valence-corrected chi connectivity index (χ1v) is 5.63. The lowest BCUT2D eigenvalue weighted by atomic mass is 10.3. The van der Waals surface area contributed by atoms with Crippen LogP contribution in [0.25, 0.3) is 0 Å². The summed E-state index contributed by atoms with van der Waals surface area (Å²) in [4.78, 5) is 13.8. The third-order valence-corrected chi connectivity index (χ3v) is 2.97. The molecule has 0 spiro atoms. The number of nitrogens with zero attached hydrogens (tertiary/aromatic N) is 4. The number of nitro groups is 1. The van der Waals surface area contributed by atoms with Crippen molar-refractivity contribution in [2.75, 3.05) is 0 Å². The van der Waals surface area contributed by atoms with E-state index in [0.29, 0.717) is 11.7 Å². The zero-order chi connectivity index (χ0) is 12.3. The summed E-state index contributed by atoms with van der Waals surface area (Å²) in [6.07, 6.45) is 7.77. The highest BCUT2D eigenvalue weighted by molar-refractivity contribution is 5.77. The molecule has 17 heavy (non-hydrogen) atoms. The van der Waals surface area contributed by atoms with Crippen molar-refractivity contribution < 1.29 is 4.92 Å². The van der Waals surface area contributed by atoms with Crippen LogP contribution >= 0.6 is 0 Å². The van der Waals surface area contributed by atoms with Crippen molar-refractivity contribution in [1.29, 1.82) is 0 Å². The smallest absolute Gasteiger partial charge is 0.390 e. The summed E-state index contributed by atoms with van der Waals surface area (Å²) < 4.78 is 1.40. The van der Waals surface area contributed by atoms with Crippen LogP contribution in [0.15, 0.2) is 11.3 Å². The Labute approximate surface area is 98.7 Å². The van der Waals surface area contributed by atoms with Gasteiger partial charge in [0.05, 0.1) is 13.3 Å². The molecule has 1 aliphatic carbocycles. The first-order valence-electron chi connectivity index (χ1n) is 5.63. The Balaban J connectivity index is 1.98. The zero-order valence-electron chi connectivity index (χ0n) is 9.67. The van der Waals surface area contributed by atoms with Gasteiger partial charge < -0.3 is 15.5 Å². The predicted octanol–water partition coefficient (Wildman–Crippen LogP) is 1.19. The van der Waals surface area contributed by atoms with Crippen LogP contribution in [-0.4, -0.2) is 26.7 Å². The third kappa shape index (κ3) is 2.61. The molecule has 0 radical (unpaired) electrons. The van der Waals surface area contributed by atoms with Gasteiger partial charge in [-0.1, -0.05) is 17.8 Å². The van der Waals surface area contributed by atoms with Gasteiger partial charge in [0, 0.05) is 6.04 Å². The minimum atomic E-state index is -0.512. The van der Waals surface area contributed by atoms with Gasteiger partial charge in [-0.05, 0) is 17.8 Å². The molecule has 1 N–H and O–H groups in total. The highest BCUT2D eigenvalue weighted by atomic mass is 16.6. The van der Waals surface area contributed by atoms with Gasteiger partial charge in [-0.15, -0.1) is 0 Å². The first-order chi connectivity index (χ1) is 8.18. The Hall–Kier alpha value is -1.92. The summed E-state index contributed by atoms with van der Waals surface area (Å²) in [5.74, 6) is -0.174. The SMILES string of the molecule is Cn1c(C=NNC2CCCC2)cnc1[N+](=O)[O-]. The largest absolute Gasteiger partial charge is 0.434 e. The number of imidazole rings is 1. The number of hydrazone groups is 1. The number of nitrogens with one attached hydrogen (secondary N) is 1. The number of hydrogen-bond acceptors (Lipinski definition) is 5. The fourth-order valence-corrected chi connectivity index (χ4v) is 1.97. The molecule has 7 nitrogen and oxygen atoms in total. The molecule has 0 atom stereocenters. The molecule has 7 heteroatoms. The lowest BCUT2D eigenvalue weighted by Gasteiger charge is -2.06. The Bertz CT molecular complexity index is 434. The lowest BCUT2D eigenvalue weighted by Crippen LogP contribution is -2.20. The van der Waals surface area contributed by atoms with E-state index in [-0.39, 0.29) is 5.95 Å². The Morgan fingerprint density at radius 1 is 1.65 bits per heavy atom. The highest BCUT2D eigenvalue weighted by Crippen LogP contribution is 2.17. The summed E-state index contributed by atoms with van der Waals surface area (Å²) in [5.41, 5.74) is 3.67. The second kappa shape index (κ2) is 4.94. The summed E-state index contributed by atoms with van der Waals surface area (Å²) >= 11 is 0. The monoisotopic (exact) mass is 237 g/mol. The molecule has 1 aromatic heterocycles. The van der Waals surface area contributed by atoms with Crippen LogP contribution in [0.5, 0.6) is 0 Å². The Morgan fingerprint density at radius 3 is 2.94 bits per heavy atom. The molecule has 1 saturated carbocycles. The molecular formula is C10H15N5O2. The van der Waals surface area contributed by atoms with Gasteiger partial charge in [0.1, 0.15) is 6.20 Å². The fourth-order valence-electron chi connectivity index (χ4n) is 1.97. The minimum absolute atomic E-state index is 0.174. The minimum Gasteiger partial charge on any atom is -0.390 e. The molecule has 1 aliphatic rings. The van der Waals surface area contributed by atoms with Crippen LogP contribution in [0, 0.1) is 10.1 Å². The van der Waals surface area contributed by atoms with Crippen molar-refractivity contribution in [3.05, 3.63) is 22.0 Å². The standard InChI is InChI=1S/C10H15N5O2/c1-14-9(6-11-10(14)15(16)17)7-12-13-8-4-2-3-5-8/h6-8,13H,2-5H2,1H3. The highest BCUT2D eigenvalue weighted by Gasteiger charge is 2.16. The summed E-state index contributed by atoms with van der Waals surface area (Å²) in [6.45, 7) is 0.